The van der Waals surface area contributed by atoms with Gasteiger partial charge in [-0.15, -0.1) is 11.3 Å². The highest BCUT2D eigenvalue weighted by Crippen LogP contribution is 2.41. The Labute approximate surface area is 212 Å². The van der Waals surface area contributed by atoms with E-state index in [1.807, 2.05) is 59.0 Å². The molecule has 5 aromatic rings. The highest BCUT2D eigenvalue weighted by atomic mass is 32.1. The van der Waals surface area contributed by atoms with E-state index in [9.17, 15) is 4.79 Å². The molecular weight excluding hydrogens is 468 g/mol. The third-order valence-electron chi connectivity index (χ3n) is 7.41. The topological polar surface area (TPSA) is 78.0 Å². The summed E-state index contributed by atoms with van der Waals surface area (Å²) in [5.74, 6) is 1.92. The van der Waals surface area contributed by atoms with Crippen molar-refractivity contribution in [3.63, 3.8) is 0 Å². The van der Waals surface area contributed by atoms with Crippen molar-refractivity contribution < 1.29 is 4.79 Å². The second-order valence-electron chi connectivity index (χ2n) is 9.55. The molecule has 8 heteroatoms. The lowest BCUT2D eigenvalue weighted by Crippen LogP contribution is -2.49. The number of anilines is 1. The molecule has 1 amide bonds. The zero-order valence-corrected chi connectivity index (χ0v) is 20.7. The van der Waals surface area contributed by atoms with Crippen LogP contribution in [0.3, 0.4) is 0 Å². The Balaban J connectivity index is 1.15. The second kappa shape index (κ2) is 8.71. The van der Waals surface area contributed by atoms with Crippen LogP contribution in [0.25, 0.3) is 32.5 Å². The van der Waals surface area contributed by atoms with Crippen LogP contribution in [-0.2, 0) is 24.1 Å². The molecule has 7 nitrogen and oxygen atoms in total. The third-order valence-corrected chi connectivity index (χ3v) is 8.60. The van der Waals surface area contributed by atoms with Crippen LogP contribution in [0.4, 0.5) is 5.82 Å². The molecule has 2 aliphatic rings. The molecule has 36 heavy (non-hydrogen) atoms. The number of fused-ring (bicyclic) bond motifs is 4. The van der Waals surface area contributed by atoms with Crippen LogP contribution in [0.15, 0.2) is 55.0 Å². The molecule has 0 spiro atoms. The number of benzene rings is 1. The number of aromatic nitrogens is 4. The van der Waals surface area contributed by atoms with Crippen molar-refractivity contribution in [2.75, 3.05) is 31.1 Å². The molecule has 0 saturated carbocycles. The first-order valence-corrected chi connectivity index (χ1v) is 13.4. The molecule has 5 heterocycles. The Bertz CT molecular complexity index is 1580. The number of hydrogen-bond donors (Lipinski definition) is 1. The minimum atomic E-state index is 0.180. The maximum Gasteiger partial charge on any atom is 0.227 e. The van der Waals surface area contributed by atoms with Crippen molar-refractivity contribution in [2.45, 2.75) is 25.7 Å². The van der Waals surface area contributed by atoms with E-state index >= 15 is 0 Å². The van der Waals surface area contributed by atoms with Crippen LogP contribution >= 0.6 is 11.3 Å². The van der Waals surface area contributed by atoms with Crippen LogP contribution in [-0.4, -0.2) is 56.9 Å². The number of rotatable bonds is 4. The summed E-state index contributed by atoms with van der Waals surface area (Å²) in [7, 11) is 0. The van der Waals surface area contributed by atoms with Crippen LogP contribution < -0.4 is 4.90 Å². The molecule has 7 rings (SSSR count). The van der Waals surface area contributed by atoms with Gasteiger partial charge in [0.15, 0.2) is 5.82 Å². The van der Waals surface area contributed by atoms with Crippen LogP contribution in [0.5, 0.6) is 0 Å². The summed E-state index contributed by atoms with van der Waals surface area (Å²) in [4.78, 5) is 37.6. The van der Waals surface area contributed by atoms with Gasteiger partial charge in [-0.1, -0.05) is 18.2 Å². The molecule has 0 bridgehead atoms. The van der Waals surface area contributed by atoms with Crippen molar-refractivity contribution in [2.24, 2.45) is 0 Å². The molecule has 1 aliphatic carbocycles. The Morgan fingerprint density at radius 1 is 1.03 bits per heavy atom. The minimum Gasteiger partial charge on any atom is -0.361 e. The first-order chi connectivity index (χ1) is 17.7. The van der Waals surface area contributed by atoms with E-state index in [2.05, 4.69) is 20.9 Å². The van der Waals surface area contributed by atoms with Crippen molar-refractivity contribution in [3.8, 4) is 11.4 Å². The van der Waals surface area contributed by atoms with Crippen LogP contribution in [0, 0.1) is 0 Å². The summed E-state index contributed by atoms with van der Waals surface area (Å²) in [6.45, 7) is 2.92. The number of hydrogen-bond acceptors (Lipinski definition) is 6. The van der Waals surface area contributed by atoms with Gasteiger partial charge < -0.3 is 14.8 Å². The summed E-state index contributed by atoms with van der Waals surface area (Å²) in [5, 5.41) is 2.35. The van der Waals surface area contributed by atoms with E-state index in [1.165, 1.54) is 22.2 Å². The molecule has 0 atom stereocenters. The van der Waals surface area contributed by atoms with Gasteiger partial charge >= 0.3 is 0 Å². The lowest BCUT2D eigenvalue weighted by atomic mass is 10.1. The highest BCUT2D eigenvalue weighted by molar-refractivity contribution is 7.19. The second-order valence-corrected chi connectivity index (χ2v) is 10.6. The number of amides is 1. The molecule has 1 fully saturated rings. The summed E-state index contributed by atoms with van der Waals surface area (Å²) in [5.41, 5.74) is 4.50. The van der Waals surface area contributed by atoms with E-state index < -0.39 is 0 Å². The fourth-order valence-corrected chi connectivity index (χ4v) is 6.81. The number of nitrogens with one attached hydrogen (secondary N) is 1. The zero-order chi connectivity index (χ0) is 24.1. The van der Waals surface area contributed by atoms with Gasteiger partial charge in [-0.3, -0.25) is 9.78 Å². The van der Waals surface area contributed by atoms with Crippen molar-refractivity contribution in [1.82, 2.24) is 24.8 Å². The van der Waals surface area contributed by atoms with Gasteiger partial charge in [-0.25, -0.2) is 9.97 Å². The molecule has 1 aliphatic heterocycles. The standard InChI is InChI=1S/C28H26N6OS/c35-24(15-19-17-30-22-8-2-1-6-20(19)22)33-11-13-34(14-12-33)27-25-21-7-3-9-23(21)36-28(25)32-26(31-27)18-5-4-10-29-16-18/h1-2,4-6,8,10,16-17,30H,3,7,9,11-15H2. The van der Waals surface area contributed by atoms with Crippen molar-refractivity contribution >= 4 is 44.2 Å². The number of H-pyrrole nitrogens is 1. The molecule has 180 valence electrons. The number of aryl methyl sites for hydroxylation is 2. The number of carbonyl (C=O) groups is 1. The number of thiophene rings is 1. The van der Waals surface area contributed by atoms with E-state index in [0.717, 1.165) is 64.4 Å². The largest absolute Gasteiger partial charge is 0.361 e. The average molecular weight is 495 g/mol. The first-order valence-electron chi connectivity index (χ1n) is 12.5. The molecule has 0 unspecified atom stereocenters. The van der Waals surface area contributed by atoms with Gasteiger partial charge in [-0.2, -0.15) is 0 Å². The summed E-state index contributed by atoms with van der Waals surface area (Å²) >= 11 is 1.82. The summed E-state index contributed by atoms with van der Waals surface area (Å²) < 4.78 is 0. The van der Waals surface area contributed by atoms with Gasteiger partial charge in [0.25, 0.3) is 0 Å². The number of piperazine rings is 1. The number of aromatic amines is 1. The molecular formula is C28H26N6OS. The fourth-order valence-electron chi connectivity index (χ4n) is 5.55. The molecule has 1 saturated heterocycles. The maximum absolute atomic E-state index is 13.2. The van der Waals surface area contributed by atoms with E-state index in [4.69, 9.17) is 9.97 Å². The Morgan fingerprint density at radius 2 is 1.92 bits per heavy atom. The Kier molecular flexibility index (Phi) is 5.20. The minimum absolute atomic E-state index is 0.180. The van der Waals surface area contributed by atoms with E-state index in [0.29, 0.717) is 19.5 Å². The van der Waals surface area contributed by atoms with E-state index in [-0.39, 0.29) is 5.91 Å². The normalized spacial score (nSPS) is 15.7. The first kappa shape index (κ1) is 21.5. The SMILES string of the molecule is O=C(Cc1c[nH]c2ccccc12)N1CCN(c2nc(-c3cccnc3)nc3sc4c(c23)CCC4)CC1. The van der Waals surface area contributed by atoms with Gasteiger partial charge in [0.2, 0.25) is 5.91 Å². The summed E-state index contributed by atoms with van der Waals surface area (Å²) in [6, 6.07) is 12.1. The smallest absolute Gasteiger partial charge is 0.227 e. The zero-order valence-electron chi connectivity index (χ0n) is 19.9. The number of pyridine rings is 1. The van der Waals surface area contributed by atoms with Gasteiger partial charge in [0.05, 0.1) is 11.8 Å². The Morgan fingerprint density at radius 3 is 2.78 bits per heavy atom. The number of nitrogens with zero attached hydrogens (tertiary/aromatic N) is 5. The fraction of sp³-hybridized carbons (Fsp3) is 0.286. The number of para-hydroxylation sites is 1. The van der Waals surface area contributed by atoms with Gasteiger partial charge in [0.1, 0.15) is 10.6 Å². The van der Waals surface area contributed by atoms with Crippen molar-refractivity contribution in [3.05, 3.63) is 71.0 Å². The highest BCUT2D eigenvalue weighted by Gasteiger charge is 2.28. The molecule has 0 radical (unpaired) electrons. The predicted octanol–water partition coefficient (Wildman–Crippen LogP) is 4.61. The van der Waals surface area contributed by atoms with Crippen molar-refractivity contribution in [1.29, 1.82) is 0 Å². The molecule has 1 aromatic carbocycles. The van der Waals surface area contributed by atoms with Crippen LogP contribution in [0.2, 0.25) is 0 Å². The lowest BCUT2D eigenvalue weighted by Gasteiger charge is -2.36. The maximum atomic E-state index is 13.2. The predicted molar refractivity (Wildman–Crippen MR) is 143 cm³/mol. The summed E-state index contributed by atoms with van der Waals surface area (Å²) in [6.07, 6.45) is 9.42. The lowest BCUT2D eigenvalue weighted by molar-refractivity contribution is -0.130. The number of carbonyl (C=O) groups excluding carboxylic acids is 1. The molecule has 1 N–H and O–H groups in total. The monoisotopic (exact) mass is 494 g/mol. The van der Waals surface area contributed by atoms with Gasteiger partial charge in [0, 0.05) is 66.1 Å². The third kappa shape index (κ3) is 3.64. The average Bonchev–Trinajstić information content (AvgIpc) is 3.64. The quantitative estimate of drug-likeness (QED) is 0.395. The Hall–Kier alpha value is -3.78. The molecule has 4 aromatic heterocycles. The van der Waals surface area contributed by atoms with Gasteiger partial charge in [-0.05, 0) is 48.6 Å². The van der Waals surface area contributed by atoms with Crippen LogP contribution in [0.1, 0.15) is 22.4 Å². The van der Waals surface area contributed by atoms with E-state index in [1.54, 1.807) is 6.20 Å².